The second-order valence-electron chi connectivity index (χ2n) is 13.4. The quantitative estimate of drug-likeness (QED) is 0.0366. The van der Waals surface area contributed by atoms with Crippen molar-refractivity contribution in [3.63, 3.8) is 0 Å². The first-order chi connectivity index (χ1) is 30.5. The van der Waals surface area contributed by atoms with Crippen molar-refractivity contribution in [2.75, 3.05) is 0 Å². The molecule has 0 N–H and O–H groups in total. The summed E-state index contributed by atoms with van der Waals surface area (Å²) in [6.07, 6.45) is 0.965. The van der Waals surface area contributed by atoms with Gasteiger partial charge in [-0.05, 0) is 79.9 Å². The molecule has 65 heavy (non-hydrogen) atoms. The molecule has 0 fully saturated rings. The third-order valence-electron chi connectivity index (χ3n) is 8.90. The van der Waals surface area contributed by atoms with E-state index in [-0.39, 0.29) is 32.1 Å². The molecule has 7 aromatic carbocycles. The highest BCUT2D eigenvalue weighted by Crippen LogP contribution is 2.35. The predicted molar refractivity (Wildman–Crippen MR) is 212 cm³/mol. The van der Waals surface area contributed by atoms with Gasteiger partial charge in [0.2, 0.25) is 11.6 Å². The lowest BCUT2D eigenvalue weighted by Gasteiger charge is -2.12. The number of benzene rings is 7. The number of aryl methyl sites for hydroxylation is 2. The maximum Gasteiger partial charge on any atom is 0.357 e. The summed E-state index contributed by atoms with van der Waals surface area (Å²) in [4.78, 5) is -0.558. The van der Waals surface area contributed by atoms with Gasteiger partial charge in [-0.3, -0.25) is 0 Å². The van der Waals surface area contributed by atoms with Gasteiger partial charge in [0.05, 0.1) is 10.9 Å². The van der Waals surface area contributed by atoms with Crippen molar-refractivity contribution < 1.29 is 91.1 Å². The third kappa shape index (κ3) is 12.2. The highest BCUT2D eigenvalue weighted by molar-refractivity contribution is 7.97. The Hall–Kier alpha value is -5.26. The Labute approximate surface area is 379 Å². The maximum atomic E-state index is 12.6. The van der Waals surface area contributed by atoms with Crippen molar-refractivity contribution in [1.29, 1.82) is 0 Å². The Morgan fingerprint density at radius 2 is 0.723 bits per heavy atom. The summed E-state index contributed by atoms with van der Waals surface area (Å²) < 4.78 is 189. The van der Waals surface area contributed by atoms with Crippen molar-refractivity contribution in [3.05, 3.63) is 215 Å². The molecule has 7 aromatic rings. The second kappa shape index (κ2) is 21.4. The summed E-state index contributed by atoms with van der Waals surface area (Å²) in [5, 5.41) is 0. The summed E-state index contributed by atoms with van der Waals surface area (Å²) in [5.41, 5.74) is 5.43. The first-order valence-corrected chi connectivity index (χ1v) is 24.4. The average Bonchev–Trinajstić information content (AvgIpc) is 3.26. The zero-order chi connectivity index (χ0) is 48.0. The van der Waals surface area contributed by atoms with Crippen LogP contribution in [-0.2, 0) is 37.6 Å². The van der Waals surface area contributed by atoms with E-state index >= 15 is 0 Å². The molecule has 0 radical (unpaired) electrons. The standard InChI is InChI=1S/C33H29IS.2C6HF5O3S/c1-25-10-6-8-14-32(25)35(33-15-9-7-11-26(33)2)31-22-18-28(19-23-31)24-27-16-20-30(21-17-27)34-29-12-4-3-5-13-29;2*7-1-2(8)4(10)6(15(12,13)14)5(11)3(1)9/h3-23H,24H2,1-2H3;2*(H,12,13,14)/q+2;;/p-2. The summed E-state index contributed by atoms with van der Waals surface area (Å²) >= 11 is -0.106. The Morgan fingerprint density at radius 1 is 0.415 bits per heavy atom. The fourth-order valence-electron chi connectivity index (χ4n) is 5.80. The van der Waals surface area contributed by atoms with Crippen LogP contribution in [0.25, 0.3) is 0 Å². The molecule has 0 heterocycles. The minimum Gasteiger partial charge on any atom is -0.744 e. The zero-order valence-electron chi connectivity index (χ0n) is 33.2. The number of rotatable bonds is 9. The van der Waals surface area contributed by atoms with Crippen molar-refractivity contribution in [3.8, 4) is 0 Å². The molecule has 0 saturated carbocycles. The average molecular weight is 1080 g/mol. The molecule has 0 spiro atoms. The predicted octanol–water partition coefficient (Wildman–Crippen LogP) is 7.69. The fourth-order valence-corrected chi connectivity index (χ4v) is 11.6. The van der Waals surface area contributed by atoms with Crippen LogP contribution in [0.4, 0.5) is 43.9 Å². The van der Waals surface area contributed by atoms with E-state index in [9.17, 15) is 69.8 Å². The molecular formula is C45H29F10IO6S3. The van der Waals surface area contributed by atoms with Gasteiger partial charge in [0.1, 0.15) is 30.0 Å². The van der Waals surface area contributed by atoms with Gasteiger partial charge >= 0.3 is 21.2 Å². The van der Waals surface area contributed by atoms with Gasteiger partial charge < -0.3 is 9.11 Å². The number of halogens is 11. The van der Waals surface area contributed by atoms with E-state index in [0.29, 0.717) is 0 Å². The second-order valence-corrected chi connectivity index (χ2v) is 21.0. The van der Waals surface area contributed by atoms with E-state index in [1.807, 2.05) is 0 Å². The minimum absolute atomic E-state index is 0.106. The van der Waals surface area contributed by atoms with Crippen LogP contribution < -0.4 is 21.2 Å². The third-order valence-corrected chi connectivity index (χ3v) is 15.8. The summed E-state index contributed by atoms with van der Waals surface area (Å²) in [6.45, 7) is 4.46. The fraction of sp³-hybridized carbons (Fsp3) is 0.0667. The Morgan fingerprint density at radius 3 is 1.08 bits per heavy atom. The lowest BCUT2D eigenvalue weighted by Crippen LogP contribution is -3.61. The van der Waals surface area contributed by atoms with Crippen LogP contribution in [0.15, 0.2) is 152 Å². The molecule has 0 aliphatic carbocycles. The van der Waals surface area contributed by atoms with E-state index in [1.165, 1.54) is 44.1 Å². The maximum absolute atomic E-state index is 12.6. The summed E-state index contributed by atoms with van der Waals surface area (Å²) in [5.74, 6) is -25.7. The smallest absolute Gasteiger partial charge is 0.357 e. The molecule has 340 valence electrons. The van der Waals surface area contributed by atoms with E-state index in [2.05, 4.69) is 141 Å². The van der Waals surface area contributed by atoms with E-state index in [1.54, 1.807) is 0 Å². The molecular weight excluding hydrogens is 1050 g/mol. The largest absolute Gasteiger partial charge is 0.744 e. The molecule has 0 unspecified atom stereocenters. The van der Waals surface area contributed by atoms with Crippen LogP contribution >= 0.6 is 0 Å². The molecule has 20 heteroatoms. The molecule has 0 bridgehead atoms. The van der Waals surface area contributed by atoms with Gasteiger partial charge in [-0.2, -0.15) is 0 Å². The summed E-state index contributed by atoms with van der Waals surface area (Å²) in [6, 6.07) is 47.0. The molecule has 0 aliphatic rings. The van der Waals surface area contributed by atoms with Crippen molar-refractivity contribution in [2.24, 2.45) is 0 Å². The van der Waals surface area contributed by atoms with E-state index in [0.717, 1.165) is 6.42 Å². The topological polar surface area (TPSA) is 114 Å². The van der Waals surface area contributed by atoms with Crippen LogP contribution in [0.2, 0.25) is 0 Å². The van der Waals surface area contributed by atoms with Crippen LogP contribution in [-0.4, -0.2) is 25.9 Å². The van der Waals surface area contributed by atoms with Crippen LogP contribution in [0.1, 0.15) is 22.3 Å². The molecule has 0 atom stereocenters. The van der Waals surface area contributed by atoms with E-state index in [4.69, 9.17) is 0 Å². The van der Waals surface area contributed by atoms with Crippen molar-refractivity contribution in [2.45, 2.75) is 44.7 Å². The van der Waals surface area contributed by atoms with Crippen molar-refractivity contribution in [1.82, 2.24) is 0 Å². The van der Waals surface area contributed by atoms with Gasteiger partial charge in [0.15, 0.2) is 68.4 Å². The van der Waals surface area contributed by atoms with Gasteiger partial charge in [-0.1, -0.05) is 78.9 Å². The molecule has 0 aliphatic heterocycles. The molecule has 7 rings (SSSR count). The Balaban J connectivity index is 0.000000218. The number of hydrogen-bond acceptors (Lipinski definition) is 6. The molecule has 6 nitrogen and oxygen atoms in total. The minimum atomic E-state index is -5.77. The molecule has 0 aromatic heterocycles. The van der Waals surface area contributed by atoms with Crippen LogP contribution in [0, 0.1) is 79.2 Å². The van der Waals surface area contributed by atoms with Crippen molar-refractivity contribution >= 4 is 31.1 Å². The highest BCUT2D eigenvalue weighted by Gasteiger charge is 2.32. The summed E-state index contributed by atoms with van der Waals surface area (Å²) in [7, 11) is -11.7. The zero-order valence-corrected chi connectivity index (χ0v) is 37.8. The Kier molecular flexibility index (Phi) is 16.7. The van der Waals surface area contributed by atoms with Crippen LogP contribution in [0.3, 0.4) is 0 Å². The lowest BCUT2D eigenvalue weighted by molar-refractivity contribution is -0.597. The van der Waals surface area contributed by atoms with Crippen LogP contribution in [0.5, 0.6) is 0 Å². The first kappa shape index (κ1) is 50.7. The lowest BCUT2D eigenvalue weighted by atomic mass is 10.1. The van der Waals surface area contributed by atoms with Gasteiger partial charge in [0.25, 0.3) is 0 Å². The molecule has 0 saturated heterocycles. The van der Waals surface area contributed by atoms with Gasteiger partial charge in [-0.25, -0.2) is 60.7 Å². The number of hydrogen-bond donors (Lipinski definition) is 0. The molecule has 0 amide bonds. The first-order valence-electron chi connectivity index (χ1n) is 18.2. The van der Waals surface area contributed by atoms with Gasteiger partial charge in [0, 0.05) is 11.1 Å². The Bertz CT molecular complexity index is 2870. The van der Waals surface area contributed by atoms with Gasteiger partial charge in [-0.15, -0.1) is 0 Å². The monoisotopic (exact) mass is 1080 g/mol. The SMILES string of the molecule is Cc1ccccc1[S+](c1ccc(Cc2ccc([I+]c3ccccc3)cc2)cc1)c1ccccc1C.O=S(=O)([O-])c1c(F)c(F)c(F)c(F)c1F.O=S(=O)([O-])c1c(F)c(F)c(F)c(F)c1F. The van der Waals surface area contributed by atoms with E-state index < -0.39 is 88.2 Å². The normalized spacial score (nSPS) is 11.4. The highest BCUT2D eigenvalue weighted by atomic mass is 127.